The van der Waals surface area contributed by atoms with Crippen molar-refractivity contribution in [3.8, 4) is 0 Å². The fraction of sp³-hybridized carbons (Fsp3) is 0.591. The van der Waals surface area contributed by atoms with Crippen molar-refractivity contribution in [2.75, 3.05) is 19.8 Å². The molecule has 176 valence electrons. The highest BCUT2D eigenvalue weighted by atomic mass is 32.2. The van der Waals surface area contributed by atoms with E-state index in [-0.39, 0.29) is 44.2 Å². The highest BCUT2D eigenvalue weighted by Gasteiger charge is 2.77. The number of esters is 1. The summed E-state index contributed by atoms with van der Waals surface area (Å²) in [6.07, 6.45) is 1.36. The maximum absolute atomic E-state index is 13.6. The Kier molecular flexibility index (Phi) is 5.36. The predicted molar refractivity (Wildman–Crippen MR) is 120 cm³/mol. The van der Waals surface area contributed by atoms with Crippen LogP contribution in [-0.4, -0.2) is 78.1 Å². The Hall–Kier alpha value is -2.66. The molecule has 3 aliphatic heterocycles. The Labute approximate surface area is 195 Å². The van der Waals surface area contributed by atoms with Crippen LogP contribution in [0.15, 0.2) is 24.3 Å². The molecule has 2 aromatic rings. The van der Waals surface area contributed by atoms with Crippen molar-refractivity contribution in [3.63, 3.8) is 0 Å². The summed E-state index contributed by atoms with van der Waals surface area (Å²) >= 11 is 1.57. The molecule has 2 bridgehead atoms. The molecule has 10 nitrogen and oxygen atoms in total. The lowest BCUT2D eigenvalue weighted by atomic mass is 9.66. The van der Waals surface area contributed by atoms with Crippen LogP contribution in [0, 0.1) is 11.8 Å². The van der Waals surface area contributed by atoms with Gasteiger partial charge in [-0.1, -0.05) is 17.3 Å². The fourth-order valence-corrected chi connectivity index (χ4v) is 8.29. The predicted octanol–water partition coefficient (Wildman–Crippen LogP) is 0.542. The lowest BCUT2D eigenvalue weighted by molar-refractivity contribution is -0.155. The molecule has 3 saturated heterocycles. The monoisotopic (exact) mass is 473 g/mol. The Morgan fingerprint density at radius 3 is 2.88 bits per heavy atom. The highest BCUT2D eigenvalue weighted by Crippen LogP contribution is 2.71. The third kappa shape index (κ3) is 3.16. The Morgan fingerprint density at radius 1 is 1.33 bits per heavy atom. The highest BCUT2D eigenvalue weighted by molar-refractivity contribution is 8.02. The van der Waals surface area contributed by atoms with Gasteiger partial charge in [0.05, 0.1) is 35.3 Å². The minimum absolute atomic E-state index is 0.0360. The lowest BCUT2D eigenvalue weighted by Crippen LogP contribution is -2.54. The zero-order chi connectivity index (χ0) is 23.4. The van der Waals surface area contributed by atoms with E-state index in [4.69, 9.17) is 4.74 Å². The summed E-state index contributed by atoms with van der Waals surface area (Å²) in [6.45, 7) is 3.84. The number of hydrogen-bond donors (Lipinski definition) is 2. The second-order valence-electron chi connectivity index (χ2n) is 9.01. The molecule has 1 spiro atoms. The molecule has 3 fully saturated rings. The number of carbonyl (C=O) groups is 3. The number of fused-ring (bicyclic) bond motifs is 2. The normalized spacial score (nSPS) is 32.4. The van der Waals surface area contributed by atoms with E-state index in [9.17, 15) is 19.5 Å². The molecule has 1 aromatic heterocycles. The first-order chi connectivity index (χ1) is 15.9. The van der Waals surface area contributed by atoms with Crippen LogP contribution in [-0.2, 0) is 25.8 Å². The molecule has 0 saturated carbocycles. The number of hydrogen-bond acceptors (Lipinski definition) is 8. The number of likely N-dealkylation sites (tertiary alicyclic amines) is 1. The summed E-state index contributed by atoms with van der Waals surface area (Å²) < 4.78 is 5.74. The summed E-state index contributed by atoms with van der Waals surface area (Å²) in [5.74, 6) is -2.22. The number of nitrogens with zero attached hydrogens (tertiary/aromatic N) is 4. The third-order valence-corrected chi connectivity index (χ3v) is 9.22. The van der Waals surface area contributed by atoms with Crippen LogP contribution >= 0.6 is 11.8 Å². The zero-order valence-electron chi connectivity index (χ0n) is 18.6. The van der Waals surface area contributed by atoms with Gasteiger partial charge in [-0.3, -0.25) is 14.4 Å². The molecule has 5 atom stereocenters. The van der Waals surface area contributed by atoms with Gasteiger partial charge < -0.3 is 20.1 Å². The molecule has 33 heavy (non-hydrogen) atoms. The van der Waals surface area contributed by atoms with Gasteiger partial charge in [0, 0.05) is 11.3 Å². The van der Waals surface area contributed by atoms with E-state index >= 15 is 0 Å². The van der Waals surface area contributed by atoms with Crippen LogP contribution in [0.5, 0.6) is 0 Å². The smallest absolute Gasteiger partial charge is 0.311 e. The first-order valence-electron chi connectivity index (χ1n) is 11.2. The standard InChI is InChI=1S/C22H27N5O5S/c1-3-32-20(31)16-15-19(30)26(10-11-28)17(22(15)9-8-21(16,2)33-22)18(29)23-12-27-14-7-5-4-6-13(14)24-25-27/h4-7,15-17,28H,3,8-12H2,1-2H3,(H,23,29)/t15-,16-,17?,21+,22?/m0/s1. The number of aliphatic hydroxyl groups is 1. The molecule has 5 rings (SSSR count). The summed E-state index contributed by atoms with van der Waals surface area (Å²) in [7, 11) is 0. The average molecular weight is 474 g/mol. The number of amides is 2. The molecule has 2 N–H and O–H groups in total. The van der Waals surface area contributed by atoms with Crippen LogP contribution in [0.3, 0.4) is 0 Å². The zero-order valence-corrected chi connectivity index (χ0v) is 19.4. The SMILES string of the molecule is CCOC(=O)[C@@H]1[C@H]2C(=O)N(CCO)C(C(=O)NCn3nnc4ccccc43)C23CC[C@@]1(C)S3. The van der Waals surface area contributed by atoms with Gasteiger partial charge in [0.2, 0.25) is 11.8 Å². The van der Waals surface area contributed by atoms with E-state index in [0.717, 1.165) is 17.5 Å². The number of benzene rings is 1. The number of rotatable bonds is 7. The van der Waals surface area contributed by atoms with E-state index in [1.54, 1.807) is 23.4 Å². The number of β-amino-alcohol motifs (C(OH)–C–C–N with tert-alkyl or cyclic N) is 1. The Morgan fingerprint density at radius 2 is 2.12 bits per heavy atom. The van der Waals surface area contributed by atoms with Gasteiger partial charge in [-0.15, -0.1) is 16.9 Å². The first-order valence-corrected chi connectivity index (χ1v) is 12.0. The maximum atomic E-state index is 13.6. The van der Waals surface area contributed by atoms with Crippen molar-refractivity contribution in [2.24, 2.45) is 11.8 Å². The van der Waals surface area contributed by atoms with Crippen LogP contribution < -0.4 is 5.32 Å². The van der Waals surface area contributed by atoms with Crippen LogP contribution in [0.4, 0.5) is 0 Å². The van der Waals surface area contributed by atoms with E-state index in [0.29, 0.717) is 6.42 Å². The van der Waals surface area contributed by atoms with Crippen LogP contribution in [0.2, 0.25) is 0 Å². The number of ether oxygens (including phenoxy) is 1. The average Bonchev–Trinajstić information content (AvgIpc) is 3.49. The topological polar surface area (TPSA) is 127 Å². The van der Waals surface area contributed by atoms with Crippen molar-refractivity contribution in [1.82, 2.24) is 25.2 Å². The minimum atomic E-state index is -0.789. The van der Waals surface area contributed by atoms with Gasteiger partial charge in [-0.2, -0.15) is 0 Å². The molecular weight excluding hydrogens is 446 g/mol. The number of nitrogens with one attached hydrogen (secondary N) is 1. The quantitative estimate of drug-likeness (QED) is 0.558. The molecular formula is C22H27N5O5S. The molecule has 11 heteroatoms. The molecule has 0 aliphatic carbocycles. The van der Waals surface area contributed by atoms with Gasteiger partial charge in [-0.25, -0.2) is 4.68 Å². The first kappa shape index (κ1) is 22.1. The summed E-state index contributed by atoms with van der Waals surface area (Å²) in [5, 5.41) is 20.8. The number of para-hydroxylation sites is 1. The van der Waals surface area contributed by atoms with Crippen molar-refractivity contribution in [2.45, 2.75) is 48.9 Å². The van der Waals surface area contributed by atoms with Crippen molar-refractivity contribution in [3.05, 3.63) is 24.3 Å². The Bertz CT molecular complexity index is 1120. The van der Waals surface area contributed by atoms with Gasteiger partial charge >= 0.3 is 5.97 Å². The molecule has 3 aliphatic rings. The van der Waals surface area contributed by atoms with Gasteiger partial charge in [-0.05, 0) is 38.8 Å². The second-order valence-corrected chi connectivity index (χ2v) is 10.9. The molecule has 2 unspecified atom stereocenters. The van der Waals surface area contributed by atoms with Crippen LogP contribution in [0.25, 0.3) is 11.0 Å². The Balaban J connectivity index is 1.45. The van der Waals surface area contributed by atoms with Crippen molar-refractivity contribution >= 4 is 40.6 Å². The largest absolute Gasteiger partial charge is 0.466 e. The number of thioether (sulfide) groups is 1. The van der Waals surface area contributed by atoms with Gasteiger partial charge in [0.25, 0.3) is 0 Å². The number of aromatic nitrogens is 3. The molecule has 2 amide bonds. The third-order valence-electron chi connectivity index (χ3n) is 7.23. The van der Waals surface area contributed by atoms with E-state index in [1.165, 1.54) is 4.90 Å². The summed E-state index contributed by atoms with van der Waals surface area (Å²) in [5.41, 5.74) is 1.51. The van der Waals surface area contributed by atoms with Gasteiger partial charge in [0.15, 0.2) is 0 Å². The van der Waals surface area contributed by atoms with Crippen LogP contribution in [0.1, 0.15) is 26.7 Å². The fourth-order valence-electron chi connectivity index (χ4n) is 5.95. The van der Waals surface area contributed by atoms with Crippen molar-refractivity contribution in [1.29, 1.82) is 0 Å². The minimum Gasteiger partial charge on any atom is -0.466 e. The number of aliphatic hydroxyl groups excluding tert-OH is 1. The van der Waals surface area contributed by atoms with Crippen molar-refractivity contribution < 1.29 is 24.2 Å². The lowest BCUT2D eigenvalue weighted by Gasteiger charge is -2.34. The summed E-state index contributed by atoms with van der Waals surface area (Å²) in [6, 6.07) is 6.66. The number of carbonyl (C=O) groups excluding carboxylic acids is 3. The molecule has 0 radical (unpaired) electrons. The van der Waals surface area contributed by atoms with Gasteiger partial charge in [0.1, 0.15) is 18.2 Å². The summed E-state index contributed by atoms with van der Waals surface area (Å²) in [4.78, 5) is 41.4. The molecule has 1 aromatic carbocycles. The maximum Gasteiger partial charge on any atom is 0.311 e. The van der Waals surface area contributed by atoms with E-state index in [1.807, 2.05) is 31.2 Å². The molecule has 4 heterocycles. The van der Waals surface area contributed by atoms with E-state index < -0.39 is 27.4 Å². The van der Waals surface area contributed by atoms with E-state index in [2.05, 4.69) is 15.6 Å². The second kappa shape index (κ2) is 7.98.